The van der Waals surface area contributed by atoms with E-state index in [1.165, 1.54) is 10.6 Å². The molecule has 5 heteroatoms. The summed E-state index contributed by atoms with van der Waals surface area (Å²) in [5, 5.41) is 8.78. The second-order valence-corrected chi connectivity index (χ2v) is 3.69. The van der Waals surface area contributed by atoms with Crippen LogP contribution in [0.1, 0.15) is 16.1 Å². The van der Waals surface area contributed by atoms with Crippen LogP contribution in [-0.2, 0) is 6.54 Å². The average molecular weight is 246 g/mol. The summed E-state index contributed by atoms with van der Waals surface area (Å²) in [5.74, 6) is -2.44. The molecule has 0 spiro atoms. The molecule has 18 heavy (non-hydrogen) atoms. The third-order valence-corrected chi connectivity index (χ3v) is 2.50. The first-order valence-corrected chi connectivity index (χ1v) is 5.15. The number of hydrogen-bond donors (Lipinski definition) is 0. The van der Waals surface area contributed by atoms with Crippen LogP contribution in [0, 0.1) is 23.0 Å². The van der Waals surface area contributed by atoms with Gasteiger partial charge in [0.05, 0.1) is 6.54 Å². The molecule has 0 bridgehead atoms. The zero-order valence-electron chi connectivity index (χ0n) is 9.23. The first-order chi connectivity index (χ1) is 8.61. The molecule has 0 fully saturated rings. The Balaban J connectivity index is 2.23. The van der Waals surface area contributed by atoms with E-state index in [1.54, 1.807) is 18.3 Å². The van der Waals surface area contributed by atoms with E-state index in [2.05, 4.69) is 0 Å². The molecule has 1 aromatic heterocycles. The van der Waals surface area contributed by atoms with Crippen molar-refractivity contribution < 1.29 is 13.6 Å². The highest BCUT2D eigenvalue weighted by Gasteiger charge is 2.11. The number of carbonyl (C=O) groups is 1. The normalized spacial score (nSPS) is 10.1. The molecule has 0 aliphatic carbocycles. The van der Waals surface area contributed by atoms with Gasteiger partial charge in [-0.05, 0) is 30.3 Å². The first-order valence-electron chi connectivity index (χ1n) is 5.15. The minimum absolute atomic E-state index is 0.0755. The molecular formula is C13H8F2N2O. The molecule has 0 amide bonds. The number of halogens is 2. The van der Waals surface area contributed by atoms with Crippen LogP contribution < -0.4 is 0 Å². The summed E-state index contributed by atoms with van der Waals surface area (Å²) < 4.78 is 27.1. The Labute approximate surface area is 102 Å². The highest BCUT2D eigenvalue weighted by Crippen LogP contribution is 2.11. The van der Waals surface area contributed by atoms with Crippen LogP contribution in [0.15, 0.2) is 36.5 Å². The molecule has 0 unspecified atom stereocenters. The number of Topliss-reactive ketones (excluding diaryl/α,β-unsaturated/α-hetero) is 1. The summed E-state index contributed by atoms with van der Waals surface area (Å²) >= 11 is 0. The van der Waals surface area contributed by atoms with Crippen LogP contribution in [0.4, 0.5) is 8.78 Å². The van der Waals surface area contributed by atoms with Crippen molar-refractivity contribution in [1.29, 1.82) is 5.26 Å². The largest absolute Gasteiger partial charge is 0.332 e. The molecule has 0 saturated carbocycles. The molecule has 2 aromatic rings. The standard InChI is InChI=1S/C13H8F2N2O/c14-11-4-3-9(6-12(11)15)13(18)8-17-5-1-2-10(17)7-16/h1-6H,8H2. The van der Waals surface area contributed by atoms with Crippen molar-refractivity contribution >= 4 is 5.78 Å². The maximum absolute atomic E-state index is 13.0. The molecule has 0 saturated heterocycles. The lowest BCUT2D eigenvalue weighted by molar-refractivity contribution is 0.0971. The zero-order valence-corrected chi connectivity index (χ0v) is 9.23. The van der Waals surface area contributed by atoms with Crippen molar-refractivity contribution in [1.82, 2.24) is 4.57 Å². The third-order valence-electron chi connectivity index (χ3n) is 2.50. The van der Waals surface area contributed by atoms with Crippen molar-refractivity contribution in [3.63, 3.8) is 0 Å². The molecule has 2 rings (SSSR count). The number of ketones is 1. The van der Waals surface area contributed by atoms with Crippen LogP contribution in [0.2, 0.25) is 0 Å². The Morgan fingerprint density at radius 2 is 2.06 bits per heavy atom. The summed E-state index contributed by atoms with van der Waals surface area (Å²) in [4.78, 5) is 11.8. The molecule has 1 aromatic carbocycles. The Bertz CT molecular complexity index is 641. The number of aromatic nitrogens is 1. The summed E-state index contributed by atoms with van der Waals surface area (Å²) in [6, 6.07) is 8.11. The topological polar surface area (TPSA) is 45.8 Å². The summed E-state index contributed by atoms with van der Waals surface area (Å²) in [6.45, 7) is -0.0824. The van der Waals surface area contributed by atoms with E-state index in [-0.39, 0.29) is 17.9 Å². The predicted octanol–water partition coefficient (Wildman–Crippen LogP) is 2.52. The Hall–Kier alpha value is -2.48. The number of rotatable bonds is 3. The molecular weight excluding hydrogens is 238 g/mol. The molecule has 3 nitrogen and oxygen atoms in total. The van der Waals surface area contributed by atoms with E-state index in [4.69, 9.17) is 5.26 Å². The molecule has 0 radical (unpaired) electrons. The lowest BCUT2D eigenvalue weighted by Gasteiger charge is -2.04. The summed E-state index contributed by atoms with van der Waals surface area (Å²) in [7, 11) is 0. The molecule has 0 atom stereocenters. The summed E-state index contributed by atoms with van der Waals surface area (Å²) in [5.41, 5.74) is 0.414. The van der Waals surface area contributed by atoms with Crippen molar-refractivity contribution in [2.75, 3.05) is 0 Å². The second kappa shape index (κ2) is 4.80. The number of hydrogen-bond acceptors (Lipinski definition) is 2. The third kappa shape index (κ3) is 2.28. The first kappa shape index (κ1) is 12.0. The van der Waals surface area contributed by atoms with E-state index < -0.39 is 11.6 Å². The molecule has 1 heterocycles. The van der Waals surface area contributed by atoms with Gasteiger partial charge in [0.15, 0.2) is 17.4 Å². The van der Waals surface area contributed by atoms with Gasteiger partial charge in [-0.2, -0.15) is 5.26 Å². The van der Waals surface area contributed by atoms with Gasteiger partial charge in [0, 0.05) is 11.8 Å². The number of nitrogens with zero attached hydrogens (tertiary/aromatic N) is 2. The monoisotopic (exact) mass is 246 g/mol. The fourth-order valence-corrected chi connectivity index (χ4v) is 1.57. The van der Waals surface area contributed by atoms with Crippen molar-refractivity contribution in [2.45, 2.75) is 6.54 Å². The van der Waals surface area contributed by atoms with Crippen LogP contribution in [0.5, 0.6) is 0 Å². The lowest BCUT2D eigenvalue weighted by Crippen LogP contribution is -2.11. The maximum atomic E-state index is 13.0. The van der Waals surface area contributed by atoms with E-state index in [9.17, 15) is 13.6 Å². The molecule has 90 valence electrons. The Morgan fingerprint density at radius 1 is 1.28 bits per heavy atom. The molecule has 0 aliphatic rings. The number of carbonyl (C=O) groups excluding carboxylic acids is 1. The highest BCUT2D eigenvalue weighted by molar-refractivity contribution is 5.96. The van der Waals surface area contributed by atoms with Gasteiger partial charge in [0.25, 0.3) is 0 Å². The van der Waals surface area contributed by atoms with Gasteiger partial charge in [0.2, 0.25) is 0 Å². The van der Waals surface area contributed by atoms with Crippen molar-refractivity contribution in [3.05, 3.63) is 59.4 Å². The Morgan fingerprint density at radius 3 is 2.72 bits per heavy atom. The van der Waals surface area contributed by atoms with Gasteiger partial charge < -0.3 is 4.57 Å². The minimum Gasteiger partial charge on any atom is -0.332 e. The fourth-order valence-electron chi connectivity index (χ4n) is 1.57. The van der Waals surface area contributed by atoms with Crippen LogP contribution in [-0.4, -0.2) is 10.4 Å². The van der Waals surface area contributed by atoms with Gasteiger partial charge in [-0.15, -0.1) is 0 Å². The van der Waals surface area contributed by atoms with Gasteiger partial charge >= 0.3 is 0 Å². The van der Waals surface area contributed by atoms with E-state index in [1.807, 2.05) is 6.07 Å². The number of nitriles is 1. The lowest BCUT2D eigenvalue weighted by atomic mass is 10.1. The smallest absolute Gasteiger partial charge is 0.182 e. The molecule has 0 aliphatic heterocycles. The second-order valence-electron chi connectivity index (χ2n) is 3.69. The van der Waals surface area contributed by atoms with Gasteiger partial charge in [-0.3, -0.25) is 4.79 Å². The van der Waals surface area contributed by atoms with Crippen LogP contribution >= 0.6 is 0 Å². The predicted molar refractivity (Wildman–Crippen MR) is 59.8 cm³/mol. The summed E-state index contributed by atoms with van der Waals surface area (Å²) in [6.07, 6.45) is 1.58. The maximum Gasteiger partial charge on any atom is 0.182 e. The highest BCUT2D eigenvalue weighted by atomic mass is 19.2. The van der Waals surface area contributed by atoms with E-state index >= 15 is 0 Å². The van der Waals surface area contributed by atoms with E-state index in [0.717, 1.165) is 12.1 Å². The zero-order chi connectivity index (χ0) is 13.1. The molecule has 0 N–H and O–H groups in total. The quantitative estimate of drug-likeness (QED) is 0.781. The van der Waals surface area contributed by atoms with Crippen LogP contribution in [0.25, 0.3) is 0 Å². The van der Waals surface area contributed by atoms with Crippen LogP contribution in [0.3, 0.4) is 0 Å². The SMILES string of the molecule is N#Cc1cccn1CC(=O)c1ccc(F)c(F)c1. The minimum atomic E-state index is -1.06. The Kier molecular flexibility index (Phi) is 3.20. The van der Waals surface area contributed by atoms with Crippen molar-refractivity contribution in [2.24, 2.45) is 0 Å². The van der Waals surface area contributed by atoms with Gasteiger partial charge in [-0.1, -0.05) is 0 Å². The fraction of sp³-hybridized carbons (Fsp3) is 0.0769. The number of benzene rings is 1. The van der Waals surface area contributed by atoms with Crippen molar-refractivity contribution in [3.8, 4) is 6.07 Å². The van der Waals surface area contributed by atoms with E-state index in [0.29, 0.717) is 5.69 Å². The van der Waals surface area contributed by atoms with Gasteiger partial charge in [0.1, 0.15) is 11.8 Å². The van der Waals surface area contributed by atoms with Gasteiger partial charge in [-0.25, -0.2) is 8.78 Å². The average Bonchev–Trinajstić information content (AvgIpc) is 2.79.